The minimum Gasteiger partial charge on any atom is -0.493 e. The number of hydrogen-bond acceptors (Lipinski definition) is 6. The summed E-state index contributed by atoms with van der Waals surface area (Å²) in [7, 11) is 2.83. The number of hydrogen-bond donors (Lipinski definition) is 1. The lowest BCUT2D eigenvalue weighted by molar-refractivity contribution is -0.178. The van der Waals surface area contributed by atoms with Gasteiger partial charge in [-0.3, -0.25) is 4.79 Å². The molecule has 7 nitrogen and oxygen atoms in total. The summed E-state index contributed by atoms with van der Waals surface area (Å²) < 4.78 is 59.2. The number of alkyl halides is 3. The van der Waals surface area contributed by atoms with Crippen molar-refractivity contribution >= 4 is 27.8 Å². The van der Waals surface area contributed by atoms with E-state index in [-0.39, 0.29) is 13.0 Å². The number of carbonyl (C=O) groups excluding carboxylic acids is 2. The number of amides is 1. The summed E-state index contributed by atoms with van der Waals surface area (Å²) in [5.41, 5.74) is 0.0308. The predicted octanol–water partition coefficient (Wildman–Crippen LogP) is 2.64. The van der Waals surface area contributed by atoms with E-state index in [0.29, 0.717) is 34.7 Å². The monoisotopic (exact) mass is 483 g/mol. The lowest BCUT2D eigenvalue weighted by atomic mass is 9.90. The summed E-state index contributed by atoms with van der Waals surface area (Å²) in [6, 6.07) is 1.50. The van der Waals surface area contributed by atoms with Gasteiger partial charge in [0.25, 0.3) is 0 Å². The zero-order chi connectivity index (χ0) is 21.8. The number of ether oxygens (including phenoxy) is 4. The van der Waals surface area contributed by atoms with Gasteiger partial charge in [-0.05, 0) is 17.7 Å². The quantitative estimate of drug-likeness (QED) is 0.572. The normalized spacial score (nSPS) is 16.4. The Labute approximate surface area is 173 Å². The van der Waals surface area contributed by atoms with Gasteiger partial charge in [-0.25, -0.2) is 4.79 Å². The molecule has 0 bridgehead atoms. The van der Waals surface area contributed by atoms with Crippen molar-refractivity contribution in [2.45, 2.75) is 25.6 Å². The molecule has 0 radical (unpaired) electrons. The molecule has 0 aliphatic carbocycles. The van der Waals surface area contributed by atoms with Crippen molar-refractivity contribution in [3.8, 4) is 11.5 Å². The Morgan fingerprint density at radius 3 is 2.31 bits per heavy atom. The molecule has 1 aliphatic rings. The van der Waals surface area contributed by atoms with E-state index in [2.05, 4.69) is 15.9 Å². The van der Waals surface area contributed by atoms with Crippen molar-refractivity contribution in [2.75, 3.05) is 34.0 Å². The zero-order valence-electron chi connectivity index (χ0n) is 16.0. The maximum atomic E-state index is 12.7. The van der Waals surface area contributed by atoms with Gasteiger partial charge in [0.1, 0.15) is 12.6 Å². The second-order valence-corrected chi connectivity index (χ2v) is 7.79. The molecule has 1 aromatic rings. The van der Waals surface area contributed by atoms with E-state index in [1.165, 1.54) is 20.3 Å². The number of rotatable bonds is 8. The van der Waals surface area contributed by atoms with Gasteiger partial charge in [0.15, 0.2) is 11.5 Å². The van der Waals surface area contributed by atoms with Crippen molar-refractivity contribution in [1.29, 1.82) is 0 Å². The van der Waals surface area contributed by atoms with Crippen LogP contribution >= 0.6 is 15.9 Å². The molecule has 29 heavy (non-hydrogen) atoms. The maximum absolute atomic E-state index is 12.7. The maximum Gasteiger partial charge on any atom is 0.471 e. The largest absolute Gasteiger partial charge is 0.493 e. The predicted molar refractivity (Wildman–Crippen MR) is 98.8 cm³/mol. The third-order valence-electron chi connectivity index (χ3n) is 4.29. The molecule has 1 amide bonds. The number of halogens is 4. The molecule has 1 atom stereocenters. The molecule has 1 fully saturated rings. The molecule has 0 aromatic heterocycles. The van der Waals surface area contributed by atoms with Crippen molar-refractivity contribution < 1.29 is 41.7 Å². The van der Waals surface area contributed by atoms with Crippen LogP contribution in [0.25, 0.3) is 0 Å². The lowest BCUT2D eigenvalue weighted by Gasteiger charge is -2.37. The van der Waals surface area contributed by atoms with E-state index >= 15 is 0 Å². The van der Waals surface area contributed by atoms with Crippen LogP contribution in [0.1, 0.15) is 12.5 Å². The van der Waals surface area contributed by atoms with Crippen LogP contribution in [0.2, 0.25) is 0 Å². The standard InChI is InChI=1S/C18H21BrF3NO6/c1-17(7-28-8-17)9-29-15(24)12(23-16(25)18(20,21)22)4-10-5-13(26-2)14(27-3)6-11(10)19/h5-6,12H,4,7-9H2,1-3H3,(H,23,25). The number of methoxy groups -OCH3 is 2. The summed E-state index contributed by atoms with van der Waals surface area (Å²) >= 11 is 3.29. The van der Waals surface area contributed by atoms with Crippen LogP contribution in [0.5, 0.6) is 11.5 Å². The van der Waals surface area contributed by atoms with E-state index in [0.717, 1.165) is 0 Å². The second kappa shape index (κ2) is 9.21. The molecule has 1 aromatic carbocycles. The minimum absolute atomic E-state index is 0.0304. The average molecular weight is 484 g/mol. The molecule has 0 spiro atoms. The molecular formula is C18H21BrF3NO6. The van der Waals surface area contributed by atoms with Crippen molar-refractivity contribution in [1.82, 2.24) is 5.32 Å². The van der Waals surface area contributed by atoms with E-state index in [1.54, 1.807) is 11.4 Å². The van der Waals surface area contributed by atoms with Gasteiger partial charge in [0.05, 0.1) is 27.4 Å². The summed E-state index contributed by atoms with van der Waals surface area (Å²) in [5.74, 6) is -2.50. The molecule has 1 unspecified atom stereocenters. The number of benzene rings is 1. The van der Waals surface area contributed by atoms with E-state index in [9.17, 15) is 22.8 Å². The molecule has 162 valence electrons. The summed E-state index contributed by atoms with van der Waals surface area (Å²) in [6.07, 6.45) is -5.39. The van der Waals surface area contributed by atoms with Gasteiger partial charge < -0.3 is 24.3 Å². The van der Waals surface area contributed by atoms with Crippen LogP contribution in [-0.4, -0.2) is 58.1 Å². The molecule has 2 rings (SSSR count). The Hall–Kier alpha value is -2.01. The van der Waals surface area contributed by atoms with E-state index < -0.39 is 29.5 Å². The smallest absolute Gasteiger partial charge is 0.471 e. The van der Waals surface area contributed by atoms with Gasteiger partial charge in [-0.1, -0.05) is 22.9 Å². The Morgan fingerprint density at radius 1 is 1.24 bits per heavy atom. The molecule has 1 saturated heterocycles. The van der Waals surface area contributed by atoms with Gasteiger partial charge in [0, 0.05) is 16.3 Å². The van der Waals surface area contributed by atoms with Gasteiger partial charge in [-0.15, -0.1) is 0 Å². The first-order valence-electron chi connectivity index (χ1n) is 8.51. The topological polar surface area (TPSA) is 83.1 Å². The first-order chi connectivity index (χ1) is 13.5. The van der Waals surface area contributed by atoms with Gasteiger partial charge >= 0.3 is 18.1 Å². The van der Waals surface area contributed by atoms with Gasteiger partial charge in [-0.2, -0.15) is 13.2 Å². The highest BCUT2D eigenvalue weighted by molar-refractivity contribution is 9.10. The molecule has 0 saturated carbocycles. The summed E-state index contributed by atoms with van der Waals surface area (Å²) in [5, 5.41) is 1.71. The SMILES string of the molecule is COc1cc(Br)c(CC(NC(=O)C(F)(F)F)C(=O)OCC2(C)COC2)cc1OC. The number of carbonyl (C=O) groups is 2. The lowest BCUT2D eigenvalue weighted by Crippen LogP contribution is -2.50. The second-order valence-electron chi connectivity index (χ2n) is 6.94. The van der Waals surface area contributed by atoms with Crippen molar-refractivity contribution in [2.24, 2.45) is 5.41 Å². The van der Waals surface area contributed by atoms with Gasteiger partial charge in [0.2, 0.25) is 0 Å². The Bertz CT molecular complexity index is 767. The highest BCUT2D eigenvalue weighted by Crippen LogP contribution is 2.34. The number of esters is 1. The average Bonchev–Trinajstić information content (AvgIpc) is 2.64. The summed E-state index contributed by atoms with van der Waals surface area (Å²) in [6.45, 7) is 2.54. The Kier molecular flexibility index (Phi) is 7.39. The van der Waals surface area contributed by atoms with Crippen LogP contribution in [0, 0.1) is 5.41 Å². The van der Waals surface area contributed by atoms with Crippen molar-refractivity contribution in [3.05, 3.63) is 22.2 Å². The van der Waals surface area contributed by atoms with Crippen LogP contribution in [0.4, 0.5) is 13.2 Å². The van der Waals surface area contributed by atoms with Crippen molar-refractivity contribution in [3.63, 3.8) is 0 Å². The Balaban J connectivity index is 2.22. The summed E-state index contributed by atoms with van der Waals surface area (Å²) in [4.78, 5) is 23.9. The fourth-order valence-electron chi connectivity index (χ4n) is 2.59. The zero-order valence-corrected chi connectivity index (χ0v) is 17.6. The molecular weight excluding hydrogens is 463 g/mol. The number of nitrogens with one attached hydrogen (secondary N) is 1. The van der Waals surface area contributed by atoms with E-state index in [4.69, 9.17) is 18.9 Å². The molecule has 11 heteroatoms. The molecule has 1 N–H and O–H groups in total. The third kappa shape index (κ3) is 5.99. The van der Waals surface area contributed by atoms with Crippen LogP contribution in [-0.2, 0) is 25.5 Å². The highest BCUT2D eigenvalue weighted by atomic mass is 79.9. The van der Waals surface area contributed by atoms with E-state index in [1.807, 2.05) is 6.92 Å². The highest BCUT2D eigenvalue weighted by Gasteiger charge is 2.42. The first kappa shape index (κ1) is 23.3. The van der Waals surface area contributed by atoms with Crippen LogP contribution < -0.4 is 14.8 Å². The van der Waals surface area contributed by atoms with Crippen LogP contribution in [0.3, 0.4) is 0 Å². The Morgan fingerprint density at radius 2 is 1.83 bits per heavy atom. The first-order valence-corrected chi connectivity index (χ1v) is 9.31. The third-order valence-corrected chi connectivity index (χ3v) is 5.03. The minimum atomic E-state index is -5.14. The molecule has 1 heterocycles. The fourth-order valence-corrected chi connectivity index (χ4v) is 3.07. The molecule has 1 aliphatic heterocycles. The van der Waals surface area contributed by atoms with Crippen LogP contribution in [0.15, 0.2) is 16.6 Å². The fraction of sp³-hybridized carbons (Fsp3) is 0.556.